The first kappa shape index (κ1) is 13.3. The summed E-state index contributed by atoms with van der Waals surface area (Å²) < 4.78 is 0. The standard InChI is InChI=1S/C16H15NO4/c18-13-7-3-1-5-11(13)17(16(9-10-16)15(20)21)12-6-2-4-8-14(12)19/h1-8,18-19H,9-10H2,(H,20,21). The number of rotatable bonds is 4. The highest BCUT2D eigenvalue weighted by Gasteiger charge is 2.57. The van der Waals surface area contributed by atoms with Gasteiger partial charge in [-0.15, -0.1) is 0 Å². The molecule has 3 rings (SSSR count). The van der Waals surface area contributed by atoms with E-state index in [1.54, 1.807) is 36.4 Å². The maximum Gasteiger partial charge on any atom is 0.329 e. The molecule has 21 heavy (non-hydrogen) atoms. The third-order valence-corrected chi connectivity index (χ3v) is 3.80. The molecule has 108 valence electrons. The van der Waals surface area contributed by atoms with Gasteiger partial charge in [0.25, 0.3) is 0 Å². The van der Waals surface area contributed by atoms with E-state index in [4.69, 9.17) is 0 Å². The number of benzene rings is 2. The molecule has 0 bridgehead atoms. The molecule has 0 spiro atoms. The summed E-state index contributed by atoms with van der Waals surface area (Å²) in [6.45, 7) is 0. The summed E-state index contributed by atoms with van der Waals surface area (Å²) in [6.07, 6.45) is 0.927. The van der Waals surface area contributed by atoms with Crippen molar-refractivity contribution < 1.29 is 20.1 Å². The zero-order valence-electron chi connectivity index (χ0n) is 11.2. The fourth-order valence-electron chi connectivity index (χ4n) is 2.55. The maximum absolute atomic E-state index is 11.7. The summed E-state index contributed by atoms with van der Waals surface area (Å²) in [7, 11) is 0. The number of hydrogen-bond acceptors (Lipinski definition) is 4. The number of anilines is 2. The van der Waals surface area contributed by atoms with E-state index in [0.29, 0.717) is 24.2 Å². The molecule has 1 saturated carbocycles. The monoisotopic (exact) mass is 285 g/mol. The van der Waals surface area contributed by atoms with Crippen LogP contribution < -0.4 is 4.90 Å². The van der Waals surface area contributed by atoms with Crippen LogP contribution in [0.25, 0.3) is 0 Å². The molecule has 0 atom stereocenters. The summed E-state index contributed by atoms with van der Waals surface area (Å²) in [6, 6.07) is 13.1. The van der Waals surface area contributed by atoms with Gasteiger partial charge in [0.1, 0.15) is 17.0 Å². The van der Waals surface area contributed by atoms with Crippen LogP contribution in [0.4, 0.5) is 11.4 Å². The second kappa shape index (κ2) is 4.70. The molecule has 1 aliphatic carbocycles. The molecule has 0 heterocycles. The number of aliphatic carboxylic acids is 1. The van der Waals surface area contributed by atoms with Crippen molar-refractivity contribution in [1.82, 2.24) is 0 Å². The normalized spacial score (nSPS) is 15.4. The lowest BCUT2D eigenvalue weighted by molar-refractivity contribution is -0.139. The summed E-state index contributed by atoms with van der Waals surface area (Å²) >= 11 is 0. The highest BCUT2D eigenvalue weighted by molar-refractivity contribution is 5.92. The van der Waals surface area contributed by atoms with Gasteiger partial charge in [-0.3, -0.25) is 0 Å². The highest BCUT2D eigenvalue weighted by atomic mass is 16.4. The van der Waals surface area contributed by atoms with Crippen molar-refractivity contribution in [1.29, 1.82) is 0 Å². The number of carboxylic acids is 1. The Morgan fingerprint density at radius 2 is 1.33 bits per heavy atom. The first-order chi connectivity index (χ1) is 10.1. The summed E-state index contributed by atoms with van der Waals surface area (Å²) in [5.41, 5.74) is -0.365. The predicted octanol–water partition coefficient (Wildman–Crippen LogP) is 2.85. The van der Waals surface area contributed by atoms with Crippen molar-refractivity contribution in [3.63, 3.8) is 0 Å². The van der Waals surface area contributed by atoms with Crippen LogP contribution >= 0.6 is 0 Å². The smallest absolute Gasteiger partial charge is 0.329 e. The van der Waals surface area contributed by atoms with E-state index in [1.807, 2.05) is 0 Å². The third kappa shape index (κ3) is 2.07. The molecule has 1 aliphatic rings. The van der Waals surface area contributed by atoms with E-state index < -0.39 is 11.5 Å². The Bertz CT molecular complexity index is 649. The predicted molar refractivity (Wildman–Crippen MR) is 78.0 cm³/mol. The van der Waals surface area contributed by atoms with Gasteiger partial charge in [0.2, 0.25) is 0 Å². The highest BCUT2D eigenvalue weighted by Crippen LogP contribution is 2.52. The number of phenols is 2. The van der Waals surface area contributed by atoms with Crippen molar-refractivity contribution in [2.45, 2.75) is 18.4 Å². The molecule has 0 amide bonds. The quantitative estimate of drug-likeness (QED) is 0.804. The molecule has 2 aromatic carbocycles. The molecular weight excluding hydrogens is 270 g/mol. The van der Waals surface area contributed by atoms with E-state index >= 15 is 0 Å². The van der Waals surface area contributed by atoms with E-state index in [2.05, 4.69) is 0 Å². The van der Waals surface area contributed by atoms with Crippen LogP contribution in [0.3, 0.4) is 0 Å². The largest absolute Gasteiger partial charge is 0.506 e. The van der Waals surface area contributed by atoms with Crippen molar-refractivity contribution in [2.24, 2.45) is 0 Å². The number of para-hydroxylation sites is 4. The lowest BCUT2D eigenvalue weighted by Crippen LogP contribution is -2.40. The van der Waals surface area contributed by atoms with Crippen LogP contribution in [0.2, 0.25) is 0 Å². The Morgan fingerprint density at radius 3 is 1.67 bits per heavy atom. The van der Waals surface area contributed by atoms with Gasteiger partial charge in [0.05, 0.1) is 11.4 Å². The zero-order chi connectivity index (χ0) is 15.0. The van der Waals surface area contributed by atoms with Gasteiger partial charge in [-0.1, -0.05) is 24.3 Å². The molecule has 3 N–H and O–H groups in total. The van der Waals surface area contributed by atoms with Gasteiger partial charge in [-0.25, -0.2) is 4.79 Å². The molecule has 0 aromatic heterocycles. The van der Waals surface area contributed by atoms with E-state index in [0.717, 1.165) is 0 Å². The first-order valence-electron chi connectivity index (χ1n) is 6.66. The minimum Gasteiger partial charge on any atom is -0.506 e. The Kier molecular flexibility index (Phi) is 2.97. The van der Waals surface area contributed by atoms with Crippen molar-refractivity contribution in [2.75, 3.05) is 4.90 Å². The molecule has 2 aromatic rings. The van der Waals surface area contributed by atoms with Crippen molar-refractivity contribution in [3.8, 4) is 11.5 Å². The Morgan fingerprint density at radius 1 is 0.905 bits per heavy atom. The Hall–Kier alpha value is -2.69. The summed E-state index contributed by atoms with van der Waals surface area (Å²) in [5, 5.41) is 29.8. The zero-order valence-corrected chi connectivity index (χ0v) is 11.2. The SMILES string of the molecule is O=C(O)C1(N(c2ccccc2O)c2ccccc2O)CC1. The van der Waals surface area contributed by atoms with Gasteiger partial charge >= 0.3 is 5.97 Å². The number of aromatic hydroxyl groups is 2. The van der Waals surface area contributed by atoms with Crippen molar-refractivity contribution in [3.05, 3.63) is 48.5 Å². The van der Waals surface area contributed by atoms with Gasteiger partial charge in [0.15, 0.2) is 0 Å². The van der Waals surface area contributed by atoms with Gasteiger partial charge in [-0.05, 0) is 37.1 Å². The summed E-state index contributed by atoms with van der Waals surface area (Å²) in [5.74, 6) is -1.00. The van der Waals surface area contributed by atoms with Gasteiger partial charge < -0.3 is 20.2 Å². The molecule has 0 radical (unpaired) electrons. The van der Waals surface area contributed by atoms with E-state index in [1.165, 1.54) is 17.0 Å². The molecule has 0 aliphatic heterocycles. The van der Waals surface area contributed by atoms with Crippen LogP contribution in [0, 0.1) is 0 Å². The fourth-order valence-corrected chi connectivity index (χ4v) is 2.55. The Labute approximate surface area is 121 Å². The lowest BCUT2D eigenvalue weighted by atomic mass is 10.1. The van der Waals surface area contributed by atoms with Crippen LogP contribution in [0.1, 0.15) is 12.8 Å². The average molecular weight is 285 g/mol. The van der Waals surface area contributed by atoms with Gasteiger partial charge in [0, 0.05) is 0 Å². The van der Waals surface area contributed by atoms with Crippen LogP contribution in [0.15, 0.2) is 48.5 Å². The topological polar surface area (TPSA) is 81.0 Å². The van der Waals surface area contributed by atoms with Crippen LogP contribution in [0.5, 0.6) is 11.5 Å². The molecule has 0 saturated heterocycles. The fraction of sp³-hybridized carbons (Fsp3) is 0.188. The number of carboxylic acid groups (broad SMARTS) is 1. The number of hydrogen-bond donors (Lipinski definition) is 3. The minimum absolute atomic E-state index is 0.0201. The average Bonchev–Trinajstić information content (AvgIpc) is 3.25. The number of nitrogens with zero attached hydrogens (tertiary/aromatic N) is 1. The third-order valence-electron chi connectivity index (χ3n) is 3.80. The summed E-state index contributed by atoms with van der Waals surface area (Å²) in [4.78, 5) is 13.2. The molecule has 5 heteroatoms. The lowest BCUT2D eigenvalue weighted by Gasteiger charge is -2.32. The molecule has 1 fully saturated rings. The number of carbonyl (C=O) groups is 1. The second-order valence-electron chi connectivity index (χ2n) is 5.15. The number of phenolic OH excluding ortho intramolecular Hbond substituents is 2. The van der Waals surface area contributed by atoms with Crippen molar-refractivity contribution >= 4 is 17.3 Å². The van der Waals surface area contributed by atoms with Crippen LogP contribution in [-0.2, 0) is 4.79 Å². The molecule has 0 unspecified atom stereocenters. The van der Waals surface area contributed by atoms with E-state index in [9.17, 15) is 20.1 Å². The van der Waals surface area contributed by atoms with E-state index in [-0.39, 0.29) is 11.5 Å². The van der Waals surface area contributed by atoms with Crippen LogP contribution in [-0.4, -0.2) is 26.8 Å². The molecule has 5 nitrogen and oxygen atoms in total. The molecular formula is C16H15NO4. The second-order valence-corrected chi connectivity index (χ2v) is 5.15. The minimum atomic E-state index is -1.11. The Balaban J connectivity index is 2.20. The van der Waals surface area contributed by atoms with Gasteiger partial charge in [-0.2, -0.15) is 0 Å². The maximum atomic E-state index is 11.7. The first-order valence-corrected chi connectivity index (χ1v) is 6.66.